The van der Waals surface area contributed by atoms with E-state index in [9.17, 15) is 13.8 Å². The Morgan fingerprint density at radius 1 is 1.28 bits per heavy atom. The molecule has 0 aromatic carbocycles. The molecule has 8 heteroatoms. The van der Waals surface area contributed by atoms with E-state index in [-0.39, 0.29) is 12.6 Å². The minimum atomic E-state index is -0.906. The summed E-state index contributed by atoms with van der Waals surface area (Å²) < 4.78 is 10.8. The maximum Gasteiger partial charge on any atom is 0.317 e. The summed E-state index contributed by atoms with van der Waals surface area (Å²) in [5.41, 5.74) is 0. The summed E-state index contributed by atoms with van der Waals surface area (Å²) in [7, 11) is -0.906. The predicted molar refractivity (Wildman–Crippen MR) is 68.0 cm³/mol. The summed E-state index contributed by atoms with van der Waals surface area (Å²) in [5.74, 6) is -0.400. The van der Waals surface area contributed by atoms with Crippen molar-refractivity contribution in [3.8, 4) is 0 Å². The Kier molecular flexibility index (Phi) is 6.06. The van der Waals surface area contributed by atoms with Crippen LogP contribution in [0.4, 0.5) is 4.79 Å². The van der Waals surface area contributed by atoms with Crippen molar-refractivity contribution in [2.24, 2.45) is 0 Å². The van der Waals surface area contributed by atoms with Crippen molar-refractivity contribution in [2.45, 2.75) is 0 Å². The van der Waals surface area contributed by atoms with Gasteiger partial charge in [-0.25, -0.2) is 4.79 Å². The van der Waals surface area contributed by atoms with Crippen LogP contribution < -0.4 is 5.32 Å². The third-order valence-corrected chi connectivity index (χ3v) is 3.46. The van der Waals surface area contributed by atoms with Gasteiger partial charge in [-0.1, -0.05) is 0 Å². The molecule has 0 saturated carbocycles. The number of piperazine rings is 1. The smallest absolute Gasteiger partial charge is 0.317 e. The molecule has 2 N–H and O–H groups in total. The lowest BCUT2D eigenvalue weighted by molar-refractivity contribution is -0.138. The number of carboxylic acids is 1. The number of nitrogens with one attached hydrogen (secondary N) is 1. The SMILES string of the molecule is CS(=O)CCNC(=O)N1CCN(CC(=O)O)CC1. The molecule has 0 radical (unpaired) electrons. The molecule has 0 aliphatic carbocycles. The van der Waals surface area contributed by atoms with Crippen molar-refractivity contribution in [3.05, 3.63) is 0 Å². The zero-order valence-electron chi connectivity index (χ0n) is 10.4. The highest BCUT2D eigenvalue weighted by Gasteiger charge is 2.21. The van der Waals surface area contributed by atoms with E-state index in [1.165, 1.54) is 0 Å². The molecule has 1 unspecified atom stereocenters. The van der Waals surface area contributed by atoms with Crippen molar-refractivity contribution in [2.75, 3.05) is 51.3 Å². The molecule has 1 aliphatic heterocycles. The van der Waals surface area contributed by atoms with Gasteiger partial charge in [0.2, 0.25) is 0 Å². The molecule has 2 amide bonds. The van der Waals surface area contributed by atoms with Crippen molar-refractivity contribution < 1.29 is 18.9 Å². The van der Waals surface area contributed by atoms with Gasteiger partial charge in [0.05, 0.1) is 6.54 Å². The van der Waals surface area contributed by atoms with Crippen LogP contribution in [-0.2, 0) is 15.6 Å². The van der Waals surface area contributed by atoms with Crippen molar-refractivity contribution >= 4 is 22.8 Å². The minimum absolute atomic E-state index is 0.0181. The second-order valence-corrected chi connectivity index (χ2v) is 5.72. The fourth-order valence-electron chi connectivity index (χ4n) is 1.71. The highest BCUT2D eigenvalue weighted by atomic mass is 32.2. The third-order valence-electron chi connectivity index (χ3n) is 2.68. The molecule has 0 bridgehead atoms. The molecule has 1 heterocycles. The van der Waals surface area contributed by atoms with E-state index in [1.54, 1.807) is 16.1 Å². The lowest BCUT2D eigenvalue weighted by atomic mass is 10.3. The zero-order valence-corrected chi connectivity index (χ0v) is 11.2. The van der Waals surface area contributed by atoms with Gasteiger partial charge in [-0.05, 0) is 0 Å². The van der Waals surface area contributed by atoms with Crippen LogP contribution in [0.25, 0.3) is 0 Å². The zero-order chi connectivity index (χ0) is 13.5. The van der Waals surface area contributed by atoms with Crippen LogP contribution in [0.5, 0.6) is 0 Å². The summed E-state index contributed by atoms with van der Waals surface area (Å²) in [6.45, 7) is 2.60. The van der Waals surface area contributed by atoms with Gasteiger partial charge in [-0.15, -0.1) is 0 Å². The molecule has 7 nitrogen and oxygen atoms in total. The number of carbonyl (C=O) groups is 2. The third kappa shape index (κ3) is 5.46. The van der Waals surface area contributed by atoms with Crippen molar-refractivity contribution in [1.82, 2.24) is 15.1 Å². The van der Waals surface area contributed by atoms with Gasteiger partial charge in [0.15, 0.2) is 0 Å². The largest absolute Gasteiger partial charge is 0.480 e. The van der Waals surface area contributed by atoms with Gasteiger partial charge in [0.1, 0.15) is 0 Å². The van der Waals surface area contributed by atoms with Gasteiger partial charge >= 0.3 is 12.0 Å². The first-order valence-corrected chi connectivity index (χ1v) is 7.48. The van der Waals surface area contributed by atoms with E-state index in [2.05, 4.69) is 5.32 Å². The topological polar surface area (TPSA) is 90.0 Å². The number of urea groups is 1. The van der Waals surface area contributed by atoms with E-state index in [0.29, 0.717) is 38.5 Å². The number of hydrogen-bond acceptors (Lipinski definition) is 4. The first-order valence-electron chi connectivity index (χ1n) is 5.76. The van der Waals surface area contributed by atoms with E-state index in [1.807, 2.05) is 0 Å². The molecular formula is C10H19N3O4S. The minimum Gasteiger partial charge on any atom is -0.480 e. The maximum absolute atomic E-state index is 11.7. The molecule has 1 atom stereocenters. The average molecular weight is 277 g/mol. The maximum atomic E-state index is 11.7. The number of amides is 2. The van der Waals surface area contributed by atoms with Gasteiger partial charge in [-0.2, -0.15) is 0 Å². The second kappa shape index (κ2) is 7.32. The Hall–Kier alpha value is -1.15. The summed E-state index contributed by atoms with van der Waals surface area (Å²) in [4.78, 5) is 25.7. The molecule has 1 aliphatic rings. The standard InChI is InChI=1S/C10H19N3O4S/c1-18(17)7-2-11-10(16)13-5-3-12(4-6-13)8-9(14)15/h2-8H2,1H3,(H,11,16)(H,14,15). The summed E-state index contributed by atoms with van der Waals surface area (Å²) in [6, 6.07) is -0.171. The van der Waals surface area contributed by atoms with Crippen molar-refractivity contribution in [1.29, 1.82) is 0 Å². The van der Waals surface area contributed by atoms with Crippen LogP contribution in [0.3, 0.4) is 0 Å². The van der Waals surface area contributed by atoms with E-state index < -0.39 is 16.8 Å². The molecule has 0 aromatic rings. The molecular weight excluding hydrogens is 258 g/mol. The Morgan fingerprint density at radius 2 is 1.89 bits per heavy atom. The summed E-state index contributed by atoms with van der Waals surface area (Å²) in [5, 5.41) is 11.3. The van der Waals surface area contributed by atoms with Crippen LogP contribution in [0.15, 0.2) is 0 Å². The number of carboxylic acid groups (broad SMARTS) is 1. The lowest BCUT2D eigenvalue weighted by Crippen LogP contribution is -2.52. The number of hydrogen-bond donors (Lipinski definition) is 2. The first kappa shape index (κ1) is 14.9. The fraction of sp³-hybridized carbons (Fsp3) is 0.800. The number of nitrogens with zero attached hydrogens (tertiary/aromatic N) is 2. The molecule has 104 valence electrons. The Morgan fingerprint density at radius 3 is 2.39 bits per heavy atom. The Labute approximate surface area is 109 Å². The van der Waals surface area contributed by atoms with E-state index in [4.69, 9.17) is 5.11 Å². The summed E-state index contributed by atoms with van der Waals surface area (Å²) in [6.07, 6.45) is 1.59. The lowest BCUT2D eigenvalue weighted by Gasteiger charge is -2.33. The second-order valence-electron chi connectivity index (χ2n) is 4.17. The first-order chi connectivity index (χ1) is 8.49. The van der Waals surface area contributed by atoms with Gasteiger partial charge in [0.25, 0.3) is 0 Å². The molecule has 0 spiro atoms. The molecule has 18 heavy (non-hydrogen) atoms. The van der Waals surface area contributed by atoms with Crippen LogP contribution in [0.1, 0.15) is 0 Å². The van der Waals surface area contributed by atoms with E-state index >= 15 is 0 Å². The Balaban J connectivity index is 2.23. The molecule has 1 fully saturated rings. The average Bonchev–Trinajstić information content (AvgIpc) is 2.28. The fourth-order valence-corrected chi connectivity index (χ4v) is 2.10. The highest BCUT2D eigenvalue weighted by molar-refractivity contribution is 7.84. The van der Waals surface area contributed by atoms with Crippen LogP contribution in [0.2, 0.25) is 0 Å². The molecule has 1 saturated heterocycles. The Bertz CT molecular complexity index is 329. The normalized spacial score (nSPS) is 18.4. The molecule has 1 rings (SSSR count). The van der Waals surface area contributed by atoms with Gasteiger partial charge in [-0.3, -0.25) is 13.9 Å². The summed E-state index contributed by atoms with van der Waals surface area (Å²) >= 11 is 0. The number of carbonyl (C=O) groups excluding carboxylic acids is 1. The van der Waals surface area contributed by atoms with Crippen LogP contribution in [-0.4, -0.2) is 82.4 Å². The van der Waals surface area contributed by atoms with Gasteiger partial charge in [0, 0.05) is 55.5 Å². The molecule has 0 aromatic heterocycles. The monoisotopic (exact) mass is 277 g/mol. The number of aliphatic carboxylic acids is 1. The van der Waals surface area contributed by atoms with Gasteiger partial charge < -0.3 is 15.3 Å². The predicted octanol–water partition coefficient (Wildman–Crippen LogP) is -1.22. The van der Waals surface area contributed by atoms with E-state index in [0.717, 1.165) is 0 Å². The number of rotatable bonds is 5. The van der Waals surface area contributed by atoms with Crippen molar-refractivity contribution in [3.63, 3.8) is 0 Å². The highest BCUT2D eigenvalue weighted by Crippen LogP contribution is 2.01. The van der Waals surface area contributed by atoms with Crippen LogP contribution in [0, 0.1) is 0 Å². The quantitative estimate of drug-likeness (QED) is 0.657. The van der Waals surface area contributed by atoms with Crippen LogP contribution >= 0.6 is 0 Å².